The molecule has 1 aromatic heterocycles. The highest BCUT2D eigenvalue weighted by molar-refractivity contribution is 5.99. The van der Waals surface area contributed by atoms with Crippen molar-refractivity contribution < 1.29 is 19.5 Å². The van der Waals surface area contributed by atoms with Gasteiger partial charge in [-0.1, -0.05) is 32.6 Å². The number of carboxylic acids is 1. The number of hydrogen-bond donors (Lipinski definition) is 4. The number of carboxylic acid groups (broad SMARTS) is 1. The van der Waals surface area contributed by atoms with Crippen LogP contribution in [-0.4, -0.2) is 44.8 Å². The van der Waals surface area contributed by atoms with Crippen molar-refractivity contribution in [2.75, 3.05) is 0 Å². The topological polar surface area (TPSA) is 138 Å². The minimum Gasteiger partial charge on any atom is -0.480 e. The van der Waals surface area contributed by atoms with Gasteiger partial charge in [0.05, 0.1) is 12.4 Å². The van der Waals surface area contributed by atoms with Crippen molar-refractivity contribution in [3.05, 3.63) is 18.2 Å². The van der Waals surface area contributed by atoms with Gasteiger partial charge < -0.3 is 21.1 Å². The van der Waals surface area contributed by atoms with E-state index in [9.17, 15) is 14.4 Å². The highest BCUT2D eigenvalue weighted by Crippen LogP contribution is 2.08. The van der Waals surface area contributed by atoms with E-state index in [2.05, 4.69) is 22.2 Å². The largest absolute Gasteiger partial charge is 0.480 e. The van der Waals surface area contributed by atoms with Gasteiger partial charge in [0.1, 0.15) is 6.04 Å². The number of H-pyrrole nitrogens is 1. The smallest absolute Gasteiger partial charge is 0.326 e. The monoisotopic (exact) mass is 352 g/mol. The number of carbonyl (C=O) groups is 3. The van der Waals surface area contributed by atoms with Crippen LogP contribution in [0.15, 0.2) is 12.5 Å². The Bertz CT molecular complexity index is 545. The van der Waals surface area contributed by atoms with Gasteiger partial charge in [0, 0.05) is 31.2 Å². The molecule has 25 heavy (non-hydrogen) atoms. The van der Waals surface area contributed by atoms with E-state index >= 15 is 0 Å². The lowest BCUT2D eigenvalue weighted by molar-refractivity contribution is -0.141. The number of nitrogens with two attached hydrogens (primary N) is 1. The minimum atomic E-state index is -1.03. The molecule has 1 unspecified atom stereocenters. The van der Waals surface area contributed by atoms with Crippen molar-refractivity contribution in [3.8, 4) is 0 Å². The second-order valence-corrected chi connectivity index (χ2v) is 6.18. The van der Waals surface area contributed by atoms with Gasteiger partial charge in [-0.2, -0.15) is 0 Å². The van der Waals surface area contributed by atoms with Gasteiger partial charge in [-0.15, -0.1) is 0 Å². The van der Waals surface area contributed by atoms with Crippen molar-refractivity contribution in [1.29, 1.82) is 0 Å². The molecule has 2 rings (SSSR count). The number of Topliss-reactive ketones (excluding diaryl/α,β-unsaturated/α-hetero) is 1. The summed E-state index contributed by atoms with van der Waals surface area (Å²) in [6.45, 7) is 2.14. The van der Waals surface area contributed by atoms with E-state index in [-0.39, 0.29) is 24.2 Å². The lowest BCUT2D eigenvalue weighted by Crippen LogP contribution is -2.42. The number of ketones is 1. The van der Waals surface area contributed by atoms with Crippen LogP contribution in [0.25, 0.3) is 0 Å². The summed E-state index contributed by atoms with van der Waals surface area (Å²) in [5.74, 6) is -1.03. The Morgan fingerprint density at radius 1 is 1.40 bits per heavy atom. The average molecular weight is 352 g/mol. The summed E-state index contributed by atoms with van der Waals surface area (Å²) in [6.07, 6.45) is 9.56. The summed E-state index contributed by atoms with van der Waals surface area (Å²) >= 11 is 0. The summed E-state index contributed by atoms with van der Waals surface area (Å²) in [5.41, 5.74) is 5.71. The quantitative estimate of drug-likeness (QED) is 0.466. The molecule has 140 valence electrons. The maximum atomic E-state index is 11.7. The maximum absolute atomic E-state index is 11.7. The third-order valence-corrected chi connectivity index (χ3v) is 3.79. The van der Waals surface area contributed by atoms with Crippen LogP contribution in [0, 0.1) is 0 Å². The van der Waals surface area contributed by atoms with Crippen LogP contribution in [0.2, 0.25) is 0 Å². The Morgan fingerprint density at radius 3 is 2.52 bits per heavy atom. The number of hydrogen-bond acceptors (Lipinski definition) is 5. The Labute approximate surface area is 147 Å². The third-order valence-electron chi connectivity index (χ3n) is 3.79. The zero-order chi connectivity index (χ0) is 18.7. The highest BCUT2D eigenvalue weighted by atomic mass is 16.4. The molecule has 0 saturated heterocycles. The van der Waals surface area contributed by atoms with E-state index in [0.29, 0.717) is 18.5 Å². The molecule has 1 saturated carbocycles. The molecular formula is C17H28N4O4. The molecule has 5 N–H and O–H groups in total. The first kappa shape index (κ1) is 20.8. The molecule has 0 spiro atoms. The van der Waals surface area contributed by atoms with Gasteiger partial charge in [0.15, 0.2) is 5.78 Å². The van der Waals surface area contributed by atoms with E-state index in [1.54, 1.807) is 6.20 Å². The summed E-state index contributed by atoms with van der Waals surface area (Å²) < 4.78 is 0. The molecule has 1 amide bonds. The van der Waals surface area contributed by atoms with Crippen molar-refractivity contribution in [1.82, 2.24) is 15.3 Å². The SMILES string of the molecule is CCCCCCCC(=O)N[C@@H](Cc1cnc[nH]1)C(=O)O.NC1CC1=O. The lowest BCUT2D eigenvalue weighted by atomic mass is 10.1. The number of unbranched alkanes of at least 4 members (excludes halogenated alkanes) is 4. The first-order chi connectivity index (χ1) is 11.9. The Hall–Kier alpha value is -2.22. The molecule has 2 atom stereocenters. The lowest BCUT2D eigenvalue weighted by Gasteiger charge is -2.13. The zero-order valence-electron chi connectivity index (χ0n) is 14.7. The van der Waals surface area contributed by atoms with Crippen molar-refractivity contribution in [3.63, 3.8) is 0 Å². The molecule has 0 aromatic carbocycles. The number of imidazole rings is 1. The fourth-order valence-corrected chi connectivity index (χ4v) is 2.13. The van der Waals surface area contributed by atoms with Crippen LogP contribution in [0.5, 0.6) is 0 Å². The number of nitrogens with zero attached hydrogens (tertiary/aromatic N) is 1. The van der Waals surface area contributed by atoms with Gasteiger partial charge in [-0.25, -0.2) is 9.78 Å². The molecule has 1 aromatic rings. The first-order valence-corrected chi connectivity index (χ1v) is 8.71. The van der Waals surface area contributed by atoms with Crippen LogP contribution in [0.1, 0.15) is 57.6 Å². The zero-order valence-corrected chi connectivity index (χ0v) is 14.7. The minimum absolute atomic E-state index is 0.0880. The molecule has 8 heteroatoms. The number of amides is 1. The number of aromatic nitrogens is 2. The Morgan fingerprint density at radius 2 is 2.04 bits per heavy atom. The van der Waals surface area contributed by atoms with E-state index in [0.717, 1.165) is 25.7 Å². The normalized spacial score (nSPS) is 16.6. The number of nitrogens with one attached hydrogen (secondary N) is 2. The van der Waals surface area contributed by atoms with Crippen molar-refractivity contribution >= 4 is 17.7 Å². The summed E-state index contributed by atoms with van der Waals surface area (Å²) in [5, 5.41) is 11.7. The molecule has 0 radical (unpaired) electrons. The van der Waals surface area contributed by atoms with Crippen LogP contribution in [0.4, 0.5) is 0 Å². The first-order valence-electron chi connectivity index (χ1n) is 8.71. The number of aromatic amines is 1. The van der Waals surface area contributed by atoms with E-state index in [1.807, 2.05) is 0 Å². The average Bonchev–Trinajstić information content (AvgIpc) is 3.02. The van der Waals surface area contributed by atoms with Crippen LogP contribution >= 0.6 is 0 Å². The van der Waals surface area contributed by atoms with Crippen molar-refractivity contribution in [2.24, 2.45) is 5.73 Å². The molecule has 1 heterocycles. The van der Waals surface area contributed by atoms with Crippen LogP contribution in [-0.2, 0) is 20.8 Å². The number of carbonyl (C=O) groups excluding carboxylic acids is 2. The molecule has 8 nitrogen and oxygen atoms in total. The predicted octanol–water partition coefficient (Wildman–Crippen LogP) is 1.17. The van der Waals surface area contributed by atoms with Gasteiger partial charge in [-0.3, -0.25) is 9.59 Å². The van der Waals surface area contributed by atoms with Gasteiger partial charge >= 0.3 is 5.97 Å². The maximum Gasteiger partial charge on any atom is 0.326 e. The fraction of sp³-hybridized carbons (Fsp3) is 0.647. The summed E-state index contributed by atoms with van der Waals surface area (Å²) in [7, 11) is 0. The predicted molar refractivity (Wildman–Crippen MR) is 92.8 cm³/mol. The molecule has 0 aliphatic heterocycles. The van der Waals surface area contributed by atoms with Crippen LogP contribution < -0.4 is 11.1 Å². The highest BCUT2D eigenvalue weighted by Gasteiger charge is 2.29. The van der Waals surface area contributed by atoms with Crippen molar-refractivity contribution in [2.45, 2.75) is 70.4 Å². The third kappa shape index (κ3) is 9.61. The van der Waals surface area contributed by atoms with E-state index < -0.39 is 12.0 Å². The fourth-order valence-electron chi connectivity index (χ4n) is 2.13. The summed E-state index contributed by atoms with van der Waals surface area (Å²) in [4.78, 5) is 39.3. The molecule has 1 aliphatic carbocycles. The second kappa shape index (κ2) is 11.4. The summed E-state index contributed by atoms with van der Waals surface area (Å²) in [6, 6.07) is -0.992. The van der Waals surface area contributed by atoms with Gasteiger partial charge in [-0.05, 0) is 6.42 Å². The molecule has 1 fully saturated rings. The van der Waals surface area contributed by atoms with Gasteiger partial charge in [0.2, 0.25) is 5.91 Å². The Balaban J connectivity index is 0.000000531. The van der Waals surface area contributed by atoms with E-state index in [4.69, 9.17) is 10.8 Å². The molecular weight excluding hydrogens is 324 g/mol. The number of rotatable bonds is 10. The van der Waals surface area contributed by atoms with Crippen LogP contribution in [0.3, 0.4) is 0 Å². The molecule has 0 bridgehead atoms. The Kier molecular flexibility index (Phi) is 9.46. The molecule has 1 aliphatic rings. The second-order valence-electron chi connectivity index (χ2n) is 6.18. The van der Waals surface area contributed by atoms with Gasteiger partial charge in [0.25, 0.3) is 0 Å². The van der Waals surface area contributed by atoms with E-state index in [1.165, 1.54) is 12.7 Å². The number of aliphatic carboxylic acids is 1. The standard InChI is InChI=1S/C14H23N3O3.C3H5NO/c1-2-3-4-5-6-7-13(18)17-12(14(19)20)8-11-9-15-10-16-11;4-2-1-3(2)5/h9-10,12H,2-8H2,1H3,(H,15,16)(H,17,18)(H,19,20);2H,1,4H2/t12-;/m0./s1.